The first-order valence-electron chi connectivity index (χ1n) is 9.54. The Balaban J connectivity index is 1.49. The zero-order chi connectivity index (χ0) is 21.3. The maximum atomic E-state index is 12.7. The predicted octanol–water partition coefficient (Wildman–Crippen LogP) is 5.76. The Morgan fingerprint density at radius 2 is 1.90 bits per heavy atom. The second-order valence-electron chi connectivity index (χ2n) is 7.17. The number of thiazole rings is 1. The molecule has 0 unspecified atom stereocenters. The molecular weight excluding hydrogens is 416 g/mol. The van der Waals surface area contributed by atoms with Gasteiger partial charge in [0.25, 0.3) is 0 Å². The van der Waals surface area contributed by atoms with Crippen LogP contribution < -0.4 is 5.32 Å². The molecule has 30 heavy (non-hydrogen) atoms. The summed E-state index contributed by atoms with van der Waals surface area (Å²) in [6.07, 6.45) is 0.200. The average Bonchev–Trinajstić information content (AvgIpc) is 3.29. The fourth-order valence-electron chi connectivity index (χ4n) is 3.25. The molecule has 4 rings (SSSR count). The summed E-state index contributed by atoms with van der Waals surface area (Å²) in [7, 11) is 0. The lowest BCUT2D eigenvalue weighted by atomic mass is 10.2. The van der Waals surface area contributed by atoms with Crippen LogP contribution in [0.25, 0.3) is 16.3 Å². The van der Waals surface area contributed by atoms with Gasteiger partial charge < -0.3 is 5.32 Å². The smallest absolute Gasteiger partial charge is 0.230 e. The van der Waals surface area contributed by atoms with Crippen LogP contribution in [0.4, 0.5) is 5.69 Å². The van der Waals surface area contributed by atoms with Crippen LogP contribution in [-0.2, 0) is 11.2 Å². The van der Waals surface area contributed by atoms with Gasteiger partial charge in [-0.25, -0.2) is 9.67 Å². The summed E-state index contributed by atoms with van der Waals surface area (Å²) in [5.74, 6) is -0.118. The highest BCUT2D eigenvalue weighted by atomic mass is 35.5. The molecule has 1 N–H and O–H groups in total. The van der Waals surface area contributed by atoms with Crippen LogP contribution in [0.5, 0.6) is 0 Å². The van der Waals surface area contributed by atoms with Crippen LogP contribution in [0, 0.1) is 20.8 Å². The van der Waals surface area contributed by atoms with Crippen molar-refractivity contribution in [3.8, 4) is 16.3 Å². The Hall–Kier alpha value is -2.96. The molecule has 0 aliphatic rings. The van der Waals surface area contributed by atoms with Gasteiger partial charge in [0, 0.05) is 16.0 Å². The number of halogens is 1. The Morgan fingerprint density at radius 3 is 2.63 bits per heavy atom. The molecule has 2 heterocycles. The van der Waals surface area contributed by atoms with Crippen molar-refractivity contribution in [1.29, 1.82) is 0 Å². The molecule has 1 amide bonds. The van der Waals surface area contributed by atoms with E-state index >= 15 is 0 Å². The van der Waals surface area contributed by atoms with Crippen LogP contribution in [0.2, 0.25) is 5.02 Å². The third-order valence-electron chi connectivity index (χ3n) is 4.80. The van der Waals surface area contributed by atoms with Crippen molar-refractivity contribution in [2.75, 3.05) is 5.32 Å². The molecular formula is C23H21ClN4OS. The molecule has 0 saturated carbocycles. The molecule has 0 bridgehead atoms. The van der Waals surface area contributed by atoms with Crippen LogP contribution >= 0.6 is 22.9 Å². The number of aromatic nitrogens is 3. The second kappa shape index (κ2) is 8.42. The molecule has 2 aromatic carbocycles. The minimum absolute atomic E-state index is 0.118. The fraction of sp³-hybridized carbons (Fsp3) is 0.174. The number of nitrogens with one attached hydrogen (secondary N) is 1. The summed E-state index contributed by atoms with van der Waals surface area (Å²) in [5.41, 5.74) is 6.24. The van der Waals surface area contributed by atoms with Crippen molar-refractivity contribution in [3.63, 3.8) is 0 Å². The van der Waals surface area contributed by atoms with E-state index in [9.17, 15) is 4.79 Å². The largest absolute Gasteiger partial charge is 0.323 e. The molecule has 0 aliphatic carbocycles. The summed E-state index contributed by atoms with van der Waals surface area (Å²) in [6, 6.07) is 15.7. The number of anilines is 1. The summed E-state index contributed by atoms with van der Waals surface area (Å²) in [6.45, 7) is 5.90. The molecule has 0 saturated heterocycles. The normalized spacial score (nSPS) is 10.9. The third-order valence-corrected chi connectivity index (χ3v) is 5.97. The van der Waals surface area contributed by atoms with E-state index in [4.69, 9.17) is 11.6 Å². The van der Waals surface area contributed by atoms with Gasteiger partial charge in [0.15, 0.2) is 0 Å². The average molecular weight is 437 g/mol. The van der Waals surface area contributed by atoms with E-state index in [1.165, 1.54) is 16.9 Å². The first-order valence-corrected chi connectivity index (χ1v) is 10.8. The lowest BCUT2D eigenvalue weighted by Gasteiger charge is -2.07. The Morgan fingerprint density at radius 1 is 1.13 bits per heavy atom. The van der Waals surface area contributed by atoms with Crippen LogP contribution in [0.3, 0.4) is 0 Å². The number of rotatable bonds is 5. The molecule has 5 nitrogen and oxygen atoms in total. The summed E-state index contributed by atoms with van der Waals surface area (Å²) in [5, 5.41) is 11.0. The van der Waals surface area contributed by atoms with Gasteiger partial charge in [0.2, 0.25) is 5.91 Å². The van der Waals surface area contributed by atoms with E-state index < -0.39 is 0 Å². The zero-order valence-corrected chi connectivity index (χ0v) is 18.5. The molecule has 0 atom stereocenters. The van der Waals surface area contributed by atoms with Crippen LogP contribution in [0.1, 0.15) is 22.6 Å². The van der Waals surface area contributed by atoms with E-state index in [0.29, 0.717) is 5.02 Å². The number of benzene rings is 2. The maximum absolute atomic E-state index is 12.7. The van der Waals surface area contributed by atoms with Crippen LogP contribution in [0.15, 0.2) is 53.9 Å². The molecule has 7 heteroatoms. The van der Waals surface area contributed by atoms with Gasteiger partial charge in [-0.2, -0.15) is 5.10 Å². The minimum Gasteiger partial charge on any atom is -0.323 e. The van der Waals surface area contributed by atoms with Crippen molar-refractivity contribution in [2.45, 2.75) is 27.2 Å². The number of amides is 1. The minimum atomic E-state index is -0.118. The highest BCUT2D eigenvalue weighted by Crippen LogP contribution is 2.27. The van der Waals surface area contributed by atoms with E-state index in [0.717, 1.165) is 39.0 Å². The highest BCUT2D eigenvalue weighted by molar-refractivity contribution is 7.13. The van der Waals surface area contributed by atoms with Gasteiger partial charge >= 0.3 is 0 Å². The zero-order valence-electron chi connectivity index (χ0n) is 16.9. The number of carbonyl (C=O) groups is 1. The molecule has 0 spiro atoms. The Bertz CT molecular complexity index is 1210. The summed E-state index contributed by atoms with van der Waals surface area (Å²) < 4.78 is 1.85. The van der Waals surface area contributed by atoms with Crippen molar-refractivity contribution in [1.82, 2.24) is 14.8 Å². The first-order chi connectivity index (χ1) is 14.4. The SMILES string of the molecule is Cc1ccc(-n2nc(C)c(NC(=O)Cc3csc(-c4cccc(Cl)c4)n3)c2C)cc1. The lowest BCUT2D eigenvalue weighted by Crippen LogP contribution is -2.15. The second-order valence-corrected chi connectivity index (χ2v) is 8.47. The molecule has 0 fully saturated rings. The van der Waals surface area contributed by atoms with E-state index in [1.807, 2.05) is 79.4 Å². The number of nitrogens with zero attached hydrogens (tertiary/aromatic N) is 3. The van der Waals surface area contributed by atoms with Crippen molar-refractivity contribution >= 4 is 34.5 Å². The Kier molecular flexibility index (Phi) is 5.70. The number of aryl methyl sites for hydroxylation is 2. The van der Waals surface area contributed by atoms with Gasteiger partial charge in [-0.15, -0.1) is 11.3 Å². The van der Waals surface area contributed by atoms with Gasteiger partial charge in [-0.05, 0) is 45.0 Å². The lowest BCUT2D eigenvalue weighted by molar-refractivity contribution is -0.115. The quantitative estimate of drug-likeness (QED) is 0.433. The standard InChI is InChI=1S/C23H21ClN4OS/c1-14-7-9-20(10-8-14)28-16(3)22(15(2)27-28)26-21(29)12-19-13-30-23(25-19)17-5-4-6-18(24)11-17/h4-11,13H,12H2,1-3H3,(H,26,29). The van der Waals surface area contributed by atoms with Crippen molar-refractivity contribution in [3.05, 3.63) is 81.6 Å². The number of hydrogen-bond donors (Lipinski definition) is 1. The van der Waals surface area contributed by atoms with Gasteiger partial charge in [-0.1, -0.05) is 41.4 Å². The molecule has 2 aromatic heterocycles. The van der Waals surface area contributed by atoms with Gasteiger partial charge in [0.1, 0.15) is 5.01 Å². The maximum Gasteiger partial charge on any atom is 0.230 e. The molecule has 0 aliphatic heterocycles. The van der Waals surface area contributed by atoms with Gasteiger partial charge in [-0.3, -0.25) is 4.79 Å². The Labute approximate surface area is 184 Å². The number of carbonyl (C=O) groups excluding carboxylic acids is 1. The van der Waals surface area contributed by atoms with Gasteiger partial charge in [0.05, 0.1) is 34.9 Å². The first kappa shape index (κ1) is 20.3. The molecule has 4 aromatic rings. The van der Waals surface area contributed by atoms with Crippen LogP contribution in [-0.4, -0.2) is 20.7 Å². The number of hydrogen-bond acceptors (Lipinski definition) is 4. The summed E-state index contributed by atoms with van der Waals surface area (Å²) in [4.78, 5) is 17.3. The molecule has 0 radical (unpaired) electrons. The topological polar surface area (TPSA) is 59.8 Å². The van der Waals surface area contributed by atoms with E-state index in [-0.39, 0.29) is 12.3 Å². The van der Waals surface area contributed by atoms with E-state index in [1.54, 1.807) is 0 Å². The van der Waals surface area contributed by atoms with Crippen molar-refractivity contribution < 1.29 is 4.79 Å². The van der Waals surface area contributed by atoms with E-state index in [2.05, 4.69) is 15.4 Å². The fourth-order valence-corrected chi connectivity index (χ4v) is 4.26. The van der Waals surface area contributed by atoms with Crippen molar-refractivity contribution in [2.24, 2.45) is 0 Å². The monoisotopic (exact) mass is 436 g/mol. The molecule has 152 valence electrons. The summed E-state index contributed by atoms with van der Waals surface area (Å²) >= 11 is 7.57. The highest BCUT2D eigenvalue weighted by Gasteiger charge is 2.16. The predicted molar refractivity (Wildman–Crippen MR) is 123 cm³/mol. The third kappa shape index (κ3) is 4.30.